The Morgan fingerprint density at radius 2 is 1.71 bits per heavy atom. The standard InChI is InChI=1S/C18H17ClN2O2S/c1-13(2)14-3-7-16(8-4-14)21-12-18(11-20)24(22,23)17-9-5-15(19)6-10-17/h3-10,12-13,21H,1-2H3. The summed E-state index contributed by atoms with van der Waals surface area (Å²) in [5.74, 6) is 0.412. The molecule has 4 nitrogen and oxygen atoms in total. The van der Waals surface area contributed by atoms with Gasteiger partial charge in [-0.25, -0.2) is 8.42 Å². The molecule has 0 heterocycles. The van der Waals surface area contributed by atoms with Crippen molar-refractivity contribution >= 4 is 27.1 Å². The van der Waals surface area contributed by atoms with Gasteiger partial charge >= 0.3 is 0 Å². The number of halogens is 1. The minimum atomic E-state index is -3.88. The molecule has 0 saturated heterocycles. The Morgan fingerprint density at radius 1 is 1.12 bits per heavy atom. The van der Waals surface area contributed by atoms with Crippen molar-refractivity contribution in [3.05, 3.63) is 70.2 Å². The first-order chi connectivity index (χ1) is 11.3. The number of rotatable bonds is 5. The maximum absolute atomic E-state index is 12.5. The van der Waals surface area contributed by atoms with Crippen molar-refractivity contribution in [3.63, 3.8) is 0 Å². The van der Waals surface area contributed by atoms with Crippen LogP contribution in [0.25, 0.3) is 0 Å². The predicted molar refractivity (Wildman–Crippen MR) is 96.5 cm³/mol. The summed E-state index contributed by atoms with van der Waals surface area (Å²) >= 11 is 5.76. The van der Waals surface area contributed by atoms with Crippen LogP contribution in [0, 0.1) is 11.3 Å². The summed E-state index contributed by atoms with van der Waals surface area (Å²) in [6, 6.07) is 15.0. The molecule has 0 aromatic heterocycles. The van der Waals surface area contributed by atoms with E-state index in [-0.39, 0.29) is 9.80 Å². The van der Waals surface area contributed by atoms with Crippen molar-refractivity contribution in [1.29, 1.82) is 5.26 Å². The monoisotopic (exact) mass is 360 g/mol. The van der Waals surface area contributed by atoms with Gasteiger partial charge in [0.1, 0.15) is 6.07 Å². The minimum Gasteiger partial charge on any atom is -0.360 e. The van der Waals surface area contributed by atoms with Crippen LogP contribution in [0.5, 0.6) is 0 Å². The molecule has 0 radical (unpaired) electrons. The first kappa shape index (κ1) is 18.1. The molecule has 0 aliphatic heterocycles. The van der Waals surface area contributed by atoms with Crippen LogP contribution >= 0.6 is 11.6 Å². The van der Waals surface area contributed by atoms with Crippen molar-refractivity contribution in [3.8, 4) is 6.07 Å². The Hall–Kier alpha value is -2.29. The van der Waals surface area contributed by atoms with Crippen LogP contribution in [0.2, 0.25) is 5.02 Å². The normalized spacial score (nSPS) is 12.0. The lowest BCUT2D eigenvalue weighted by atomic mass is 10.0. The Balaban J connectivity index is 2.25. The number of anilines is 1. The van der Waals surface area contributed by atoms with Crippen LogP contribution in [0.3, 0.4) is 0 Å². The molecule has 24 heavy (non-hydrogen) atoms. The van der Waals surface area contributed by atoms with E-state index in [1.807, 2.05) is 24.3 Å². The highest BCUT2D eigenvalue weighted by atomic mass is 35.5. The van der Waals surface area contributed by atoms with E-state index in [4.69, 9.17) is 11.6 Å². The third kappa shape index (κ3) is 4.16. The zero-order valence-electron chi connectivity index (χ0n) is 13.3. The van der Waals surface area contributed by atoms with Gasteiger partial charge in [0.15, 0.2) is 4.91 Å². The molecule has 0 unspecified atom stereocenters. The maximum Gasteiger partial charge on any atom is 0.218 e. The Kier molecular flexibility index (Phi) is 5.66. The average Bonchev–Trinajstić information content (AvgIpc) is 2.56. The quantitative estimate of drug-likeness (QED) is 0.783. The fraction of sp³-hybridized carbons (Fsp3) is 0.167. The van der Waals surface area contributed by atoms with Gasteiger partial charge in [-0.05, 0) is 47.9 Å². The van der Waals surface area contributed by atoms with Gasteiger partial charge in [-0.1, -0.05) is 37.6 Å². The molecule has 2 aromatic carbocycles. The van der Waals surface area contributed by atoms with E-state index in [1.54, 1.807) is 6.07 Å². The fourth-order valence-corrected chi connectivity index (χ4v) is 3.23. The van der Waals surface area contributed by atoms with E-state index >= 15 is 0 Å². The average molecular weight is 361 g/mol. The van der Waals surface area contributed by atoms with Gasteiger partial charge in [0, 0.05) is 16.9 Å². The van der Waals surface area contributed by atoms with Crippen LogP contribution in [0.4, 0.5) is 5.69 Å². The van der Waals surface area contributed by atoms with Crippen molar-refractivity contribution in [1.82, 2.24) is 0 Å². The molecule has 0 fully saturated rings. The third-order valence-corrected chi connectivity index (χ3v) is 5.40. The summed E-state index contributed by atoms with van der Waals surface area (Å²) in [6.45, 7) is 4.18. The summed E-state index contributed by atoms with van der Waals surface area (Å²) in [5.41, 5.74) is 1.89. The maximum atomic E-state index is 12.5. The number of nitriles is 1. The zero-order valence-corrected chi connectivity index (χ0v) is 14.9. The van der Waals surface area contributed by atoms with Crippen molar-refractivity contribution in [2.75, 3.05) is 5.32 Å². The van der Waals surface area contributed by atoms with E-state index in [0.717, 1.165) is 0 Å². The fourth-order valence-electron chi connectivity index (χ4n) is 2.02. The molecule has 2 aromatic rings. The second-order valence-corrected chi connectivity index (χ2v) is 7.85. The number of benzene rings is 2. The molecule has 0 bridgehead atoms. The zero-order chi connectivity index (χ0) is 17.7. The van der Waals surface area contributed by atoms with Gasteiger partial charge in [0.25, 0.3) is 0 Å². The Labute approximate surface area is 147 Å². The molecule has 6 heteroatoms. The molecular weight excluding hydrogens is 344 g/mol. The van der Waals surface area contributed by atoms with Gasteiger partial charge in [-0.2, -0.15) is 5.26 Å². The summed E-state index contributed by atoms with van der Waals surface area (Å²) in [5, 5.41) is 12.5. The first-order valence-corrected chi connectivity index (χ1v) is 9.18. The largest absolute Gasteiger partial charge is 0.360 e. The van der Waals surface area contributed by atoms with E-state index in [2.05, 4.69) is 19.2 Å². The van der Waals surface area contributed by atoms with Crippen LogP contribution in [-0.4, -0.2) is 8.42 Å². The molecule has 0 saturated carbocycles. The number of nitrogens with one attached hydrogen (secondary N) is 1. The second-order valence-electron chi connectivity index (χ2n) is 5.50. The third-order valence-electron chi connectivity index (χ3n) is 3.47. The van der Waals surface area contributed by atoms with Gasteiger partial charge < -0.3 is 5.32 Å². The number of nitrogens with zero attached hydrogens (tertiary/aromatic N) is 1. The Morgan fingerprint density at radius 3 is 2.21 bits per heavy atom. The molecule has 124 valence electrons. The number of hydrogen-bond donors (Lipinski definition) is 1. The smallest absolute Gasteiger partial charge is 0.218 e. The first-order valence-electron chi connectivity index (χ1n) is 7.32. The second kappa shape index (κ2) is 7.52. The minimum absolute atomic E-state index is 0.0247. The molecule has 0 atom stereocenters. The lowest BCUT2D eigenvalue weighted by Crippen LogP contribution is -2.05. The van der Waals surface area contributed by atoms with Gasteiger partial charge in [-0.15, -0.1) is 0 Å². The van der Waals surface area contributed by atoms with E-state index in [0.29, 0.717) is 16.6 Å². The Bertz CT molecular complexity index is 878. The van der Waals surface area contributed by atoms with Gasteiger partial charge in [0.05, 0.1) is 4.90 Å². The summed E-state index contributed by atoms with van der Waals surface area (Å²) in [7, 11) is -3.88. The highest BCUT2D eigenvalue weighted by Crippen LogP contribution is 2.22. The van der Waals surface area contributed by atoms with Crippen LogP contribution < -0.4 is 5.32 Å². The topological polar surface area (TPSA) is 70.0 Å². The summed E-state index contributed by atoms with van der Waals surface area (Å²) in [4.78, 5) is -0.339. The molecular formula is C18H17ClN2O2S. The highest BCUT2D eigenvalue weighted by molar-refractivity contribution is 7.95. The predicted octanol–water partition coefficient (Wildman–Crippen LogP) is 4.71. The molecule has 0 aliphatic carbocycles. The molecule has 0 amide bonds. The lowest BCUT2D eigenvalue weighted by molar-refractivity contribution is 0.603. The molecule has 0 aliphatic rings. The van der Waals surface area contributed by atoms with Crippen molar-refractivity contribution in [2.45, 2.75) is 24.7 Å². The number of sulfone groups is 1. The molecule has 2 rings (SSSR count). The summed E-state index contributed by atoms with van der Waals surface area (Å²) in [6.07, 6.45) is 1.20. The number of hydrogen-bond acceptors (Lipinski definition) is 4. The van der Waals surface area contributed by atoms with E-state index < -0.39 is 9.84 Å². The lowest BCUT2D eigenvalue weighted by Gasteiger charge is -2.07. The highest BCUT2D eigenvalue weighted by Gasteiger charge is 2.20. The van der Waals surface area contributed by atoms with E-state index in [1.165, 1.54) is 36.0 Å². The molecule has 1 N–H and O–H groups in total. The van der Waals surface area contributed by atoms with Gasteiger partial charge in [0.2, 0.25) is 9.84 Å². The summed E-state index contributed by atoms with van der Waals surface area (Å²) < 4.78 is 24.9. The van der Waals surface area contributed by atoms with Crippen molar-refractivity contribution in [2.24, 2.45) is 0 Å². The van der Waals surface area contributed by atoms with E-state index in [9.17, 15) is 13.7 Å². The SMILES string of the molecule is CC(C)c1ccc(NC=C(C#N)S(=O)(=O)c2ccc(Cl)cc2)cc1. The number of allylic oxidation sites excluding steroid dienone is 1. The van der Waals surface area contributed by atoms with Crippen LogP contribution in [-0.2, 0) is 9.84 Å². The van der Waals surface area contributed by atoms with Crippen LogP contribution in [0.15, 0.2) is 64.5 Å². The van der Waals surface area contributed by atoms with Crippen molar-refractivity contribution < 1.29 is 8.42 Å². The van der Waals surface area contributed by atoms with Gasteiger partial charge in [-0.3, -0.25) is 0 Å². The molecule has 0 spiro atoms. The van der Waals surface area contributed by atoms with Crippen LogP contribution in [0.1, 0.15) is 25.3 Å².